The number of carbonyl (C=O) groups excluding carboxylic acids is 2. The normalized spacial score (nSPS) is 28.0. The van der Waals surface area contributed by atoms with Gasteiger partial charge in [-0.2, -0.15) is 10.2 Å². The maximum atomic E-state index is 13.2. The van der Waals surface area contributed by atoms with E-state index >= 15 is 0 Å². The minimum Gasteiger partial charge on any atom is -0.326 e. The molecule has 1 amide bonds. The maximum absolute atomic E-state index is 13.2. The lowest BCUT2D eigenvalue weighted by Gasteiger charge is -2.38. The van der Waals surface area contributed by atoms with E-state index in [0.717, 1.165) is 18.5 Å². The van der Waals surface area contributed by atoms with Crippen LogP contribution in [0.5, 0.6) is 0 Å². The number of nitrogens with one attached hydrogen (secondary N) is 1. The summed E-state index contributed by atoms with van der Waals surface area (Å²) in [4.78, 5) is 25.8. The van der Waals surface area contributed by atoms with Crippen LogP contribution in [-0.4, -0.2) is 11.7 Å². The average molecular weight is 375 g/mol. The first-order valence-electron chi connectivity index (χ1n) is 9.70. The van der Waals surface area contributed by atoms with E-state index in [2.05, 4.69) is 29.4 Å². The van der Waals surface area contributed by atoms with E-state index in [9.17, 15) is 9.59 Å². The number of ketones is 1. The van der Waals surface area contributed by atoms with Gasteiger partial charge in [0.1, 0.15) is 5.78 Å². The third-order valence-electron chi connectivity index (χ3n) is 7.30. The second-order valence-corrected chi connectivity index (χ2v) is 8.68. The Labute approximate surface area is 165 Å². The molecular weight excluding hydrogens is 350 g/mol. The molecule has 1 N–H and O–H groups in total. The van der Waals surface area contributed by atoms with Crippen molar-refractivity contribution in [3.05, 3.63) is 54.6 Å². The Balaban J connectivity index is 1.49. The number of hydrogen-bond donors (Lipinski definition) is 1. The van der Waals surface area contributed by atoms with Gasteiger partial charge in [-0.05, 0) is 54.7 Å². The van der Waals surface area contributed by atoms with Gasteiger partial charge in [-0.25, -0.2) is 0 Å². The van der Waals surface area contributed by atoms with Crippen LogP contribution in [0.1, 0.15) is 40.0 Å². The molecule has 2 atom stereocenters. The fourth-order valence-electron chi connectivity index (χ4n) is 4.83. The van der Waals surface area contributed by atoms with Crippen molar-refractivity contribution in [2.45, 2.75) is 40.0 Å². The van der Waals surface area contributed by atoms with E-state index in [1.54, 1.807) is 0 Å². The standard InChI is InChI=1S/C23H25N3O2/c1-21(2)22(3)13-14-23(21,15-19(22)27)20(28)24-16-9-11-18(12-10-16)26-25-17-7-5-4-6-8-17/h4-12H,13-15H2,1-3H3,(H,24,28)/t22-,23-/m0/s1. The highest BCUT2D eigenvalue weighted by atomic mass is 16.2. The fourth-order valence-corrected chi connectivity index (χ4v) is 4.83. The molecule has 2 bridgehead atoms. The van der Waals surface area contributed by atoms with E-state index < -0.39 is 10.8 Å². The van der Waals surface area contributed by atoms with Crippen LogP contribution in [0, 0.1) is 16.2 Å². The first-order chi connectivity index (χ1) is 13.3. The molecule has 2 fully saturated rings. The zero-order chi connectivity index (χ0) is 20.0. The molecule has 0 unspecified atom stereocenters. The van der Waals surface area contributed by atoms with Crippen LogP contribution in [-0.2, 0) is 9.59 Å². The van der Waals surface area contributed by atoms with Gasteiger partial charge in [0.05, 0.1) is 16.8 Å². The summed E-state index contributed by atoms with van der Waals surface area (Å²) >= 11 is 0. The van der Waals surface area contributed by atoms with Gasteiger partial charge in [0.2, 0.25) is 5.91 Å². The van der Waals surface area contributed by atoms with Crippen LogP contribution in [0.3, 0.4) is 0 Å². The first kappa shape index (κ1) is 18.5. The lowest BCUT2D eigenvalue weighted by molar-refractivity contribution is -0.131. The second kappa shape index (κ2) is 6.36. The van der Waals surface area contributed by atoms with Crippen LogP contribution in [0.15, 0.2) is 64.8 Å². The molecule has 0 radical (unpaired) electrons. The molecule has 5 heteroatoms. The minimum atomic E-state index is -0.621. The topological polar surface area (TPSA) is 70.9 Å². The fraction of sp³-hybridized carbons (Fsp3) is 0.391. The van der Waals surface area contributed by atoms with E-state index in [-0.39, 0.29) is 17.1 Å². The number of fused-ring (bicyclic) bond motifs is 2. The van der Waals surface area contributed by atoms with Crippen molar-refractivity contribution in [3.8, 4) is 0 Å². The number of azo groups is 1. The summed E-state index contributed by atoms with van der Waals surface area (Å²) in [7, 11) is 0. The second-order valence-electron chi connectivity index (χ2n) is 8.68. The number of amides is 1. The van der Waals surface area contributed by atoms with Gasteiger partial charge >= 0.3 is 0 Å². The van der Waals surface area contributed by atoms with Gasteiger partial charge in [-0.1, -0.05) is 39.0 Å². The molecule has 5 nitrogen and oxygen atoms in total. The van der Waals surface area contributed by atoms with Gasteiger partial charge in [0, 0.05) is 17.5 Å². The van der Waals surface area contributed by atoms with Crippen LogP contribution in [0.2, 0.25) is 0 Å². The summed E-state index contributed by atoms with van der Waals surface area (Å²) in [5.74, 6) is 0.168. The molecule has 2 saturated carbocycles. The number of anilines is 1. The van der Waals surface area contributed by atoms with E-state index in [1.807, 2.05) is 61.5 Å². The molecule has 144 valence electrons. The molecule has 28 heavy (non-hydrogen) atoms. The van der Waals surface area contributed by atoms with Gasteiger partial charge in [-0.3, -0.25) is 9.59 Å². The number of hydrogen-bond acceptors (Lipinski definition) is 4. The summed E-state index contributed by atoms with van der Waals surface area (Å²) in [5, 5.41) is 11.4. The monoisotopic (exact) mass is 375 g/mol. The van der Waals surface area contributed by atoms with Gasteiger partial charge < -0.3 is 5.32 Å². The number of rotatable bonds is 4. The van der Waals surface area contributed by atoms with Crippen molar-refractivity contribution < 1.29 is 9.59 Å². The predicted octanol–water partition coefficient (Wildman–Crippen LogP) is 5.83. The molecule has 0 spiro atoms. The number of benzene rings is 2. The summed E-state index contributed by atoms with van der Waals surface area (Å²) < 4.78 is 0. The first-order valence-corrected chi connectivity index (χ1v) is 9.70. The molecule has 0 aromatic heterocycles. The summed E-state index contributed by atoms with van der Waals surface area (Å²) in [6.07, 6.45) is 1.88. The molecule has 2 aliphatic rings. The lowest BCUT2D eigenvalue weighted by Crippen LogP contribution is -2.43. The van der Waals surface area contributed by atoms with Crippen molar-refractivity contribution in [1.29, 1.82) is 0 Å². The van der Waals surface area contributed by atoms with Crippen LogP contribution in [0.4, 0.5) is 17.1 Å². The molecule has 0 heterocycles. The Hall–Kier alpha value is -2.82. The molecular formula is C23H25N3O2. The summed E-state index contributed by atoms with van der Waals surface area (Å²) in [6, 6.07) is 16.8. The Bertz CT molecular complexity index is 950. The van der Waals surface area contributed by atoms with Gasteiger partial charge in [0.25, 0.3) is 0 Å². The number of Topliss-reactive ketones (excluding diaryl/α,β-unsaturated/α-hetero) is 1. The Kier molecular flexibility index (Phi) is 4.21. The number of carbonyl (C=O) groups is 2. The van der Waals surface area contributed by atoms with E-state index in [1.165, 1.54) is 0 Å². The maximum Gasteiger partial charge on any atom is 0.231 e. The van der Waals surface area contributed by atoms with Crippen LogP contribution >= 0.6 is 0 Å². The lowest BCUT2D eigenvalue weighted by atomic mass is 9.64. The smallest absolute Gasteiger partial charge is 0.231 e. The Morgan fingerprint density at radius 2 is 1.50 bits per heavy atom. The molecule has 2 aliphatic carbocycles. The van der Waals surface area contributed by atoms with Crippen molar-refractivity contribution in [2.75, 3.05) is 5.32 Å². The van der Waals surface area contributed by atoms with Gasteiger partial charge in [-0.15, -0.1) is 0 Å². The highest BCUT2D eigenvalue weighted by Gasteiger charge is 2.72. The number of nitrogens with zero attached hydrogens (tertiary/aromatic N) is 2. The Morgan fingerprint density at radius 3 is 2.04 bits per heavy atom. The van der Waals surface area contributed by atoms with Crippen molar-refractivity contribution >= 4 is 28.8 Å². The van der Waals surface area contributed by atoms with Crippen molar-refractivity contribution in [3.63, 3.8) is 0 Å². The zero-order valence-corrected chi connectivity index (χ0v) is 16.5. The van der Waals surface area contributed by atoms with E-state index in [0.29, 0.717) is 17.8 Å². The zero-order valence-electron chi connectivity index (χ0n) is 16.5. The van der Waals surface area contributed by atoms with Gasteiger partial charge in [0.15, 0.2) is 0 Å². The van der Waals surface area contributed by atoms with Crippen LogP contribution in [0.25, 0.3) is 0 Å². The average Bonchev–Trinajstić information content (AvgIpc) is 2.99. The van der Waals surface area contributed by atoms with Crippen molar-refractivity contribution in [2.24, 2.45) is 26.5 Å². The molecule has 2 aromatic carbocycles. The highest BCUT2D eigenvalue weighted by Crippen LogP contribution is 2.70. The third-order valence-corrected chi connectivity index (χ3v) is 7.30. The summed E-state index contributed by atoms with van der Waals surface area (Å²) in [5.41, 5.74) is 0.852. The third kappa shape index (κ3) is 2.60. The van der Waals surface area contributed by atoms with E-state index in [4.69, 9.17) is 0 Å². The largest absolute Gasteiger partial charge is 0.326 e. The predicted molar refractivity (Wildman–Crippen MR) is 109 cm³/mol. The Morgan fingerprint density at radius 1 is 0.893 bits per heavy atom. The SMILES string of the molecule is CC1(C)[C@@]2(C(=O)Nc3ccc(N=Nc4ccccc4)cc3)CC[C@@]1(C)C(=O)C2. The molecule has 0 aliphatic heterocycles. The minimum absolute atomic E-state index is 0.0502. The molecule has 2 aromatic rings. The van der Waals surface area contributed by atoms with Crippen molar-refractivity contribution in [1.82, 2.24) is 0 Å². The quantitative estimate of drug-likeness (QED) is 0.683. The van der Waals surface area contributed by atoms with Crippen LogP contribution < -0.4 is 5.32 Å². The molecule has 4 rings (SSSR count). The molecule has 0 saturated heterocycles. The highest BCUT2D eigenvalue weighted by molar-refractivity contribution is 6.04. The summed E-state index contributed by atoms with van der Waals surface area (Å²) in [6.45, 7) is 6.15.